The molecule has 12 heteroatoms. The maximum Gasteiger partial charge on any atom is 0.417 e. The summed E-state index contributed by atoms with van der Waals surface area (Å²) in [4.78, 5) is 29.1. The van der Waals surface area contributed by atoms with Crippen molar-refractivity contribution in [1.29, 1.82) is 0 Å². The molecule has 4 rings (SSSR count). The second-order valence-electron chi connectivity index (χ2n) is 8.37. The SMILES string of the molecule is COc1cc(F)cc(C(F)(F)F)c1-c1ccc(C[C@H](NC(=O)c2c(Cl)cccc2Cl)C(=O)O)c2ncccc12. The molecular formula is C27H18Cl2F4N2O4. The molecule has 1 atom stereocenters. The van der Waals surface area contributed by atoms with Gasteiger partial charge in [0.15, 0.2) is 0 Å². The topological polar surface area (TPSA) is 88.5 Å². The van der Waals surface area contributed by atoms with E-state index in [9.17, 15) is 32.3 Å². The number of alkyl halides is 3. The number of halogens is 6. The number of benzene rings is 3. The van der Waals surface area contributed by atoms with Crippen molar-refractivity contribution in [2.45, 2.75) is 18.6 Å². The Morgan fingerprint density at radius 1 is 1.08 bits per heavy atom. The highest BCUT2D eigenvalue weighted by molar-refractivity contribution is 6.39. The third-order valence-corrected chi connectivity index (χ3v) is 6.56. The minimum absolute atomic E-state index is 0.0225. The fourth-order valence-corrected chi connectivity index (χ4v) is 4.79. The van der Waals surface area contributed by atoms with E-state index in [1.165, 1.54) is 48.7 Å². The molecule has 4 aromatic rings. The van der Waals surface area contributed by atoms with Crippen molar-refractivity contribution in [3.8, 4) is 16.9 Å². The molecule has 0 bridgehead atoms. The normalized spacial score (nSPS) is 12.3. The highest BCUT2D eigenvalue weighted by Crippen LogP contribution is 2.45. The van der Waals surface area contributed by atoms with Gasteiger partial charge in [0.1, 0.15) is 17.6 Å². The molecule has 0 spiro atoms. The Kier molecular flexibility index (Phi) is 7.99. The molecule has 202 valence electrons. The van der Waals surface area contributed by atoms with Crippen LogP contribution in [0, 0.1) is 5.82 Å². The van der Waals surface area contributed by atoms with Gasteiger partial charge in [0, 0.05) is 29.6 Å². The molecule has 0 saturated carbocycles. The monoisotopic (exact) mass is 580 g/mol. The predicted molar refractivity (Wildman–Crippen MR) is 138 cm³/mol. The Morgan fingerprint density at radius 2 is 1.77 bits per heavy atom. The number of amides is 1. The summed E-state index contributed by atoms with van der Waals surface area (Å²) < 4.78 is 60.9. The lowest BCUT2D eigenvalue weighted by Crippen LogP contribution is -2.42. The molecule has 0 unspecified atom stereocenters. The largest absolute Gasteiger partial charge is 0.496 e. The number of hydrogen-bond donors (Lipinski definition) is 2. The number of ether oxygens (including phenoxy) is 1. The summed E-state index contributed by atoms with van der Waals surface area (Å²) in [5, 5.41) is 12.5. The highest BCUT2D eigenvalue weighted by Gasteiger charge is 2.37. The molecule has 0 aliphatic carbocycles. The van der Waals surface area contributed by atoms with Crippen LogP contribution in [0.3, 0.4) is 0 Å². The summed E-state index contributed by atoms with van der Waals surface area (Å²) in [6.45, 7) is 0. The van der Waals surface area contributed by atoms with Gasteiger partial charge in [0.05, 0.1) is 33.8 Å². The van der Waals surface area contributed by atoms with Gasteiger partial charge in [-0.1, -0.05) is 47.5 Å². The first-order valence-corrected chi connectivity index (χ1v) is 12.0. The van der Waals surface area contributed by atoms with E-state index in [4.69, 9.17) is 27.9 Å². The van der Waals surface area contributed by atoms with E-state index >= 15 is 0 Å². The molecule has 0 radical (unpaired) electrons. The van der Waals surface area contributed by atoms with Gasteiger partial charge in [0.25, 0.3) is 5.91 Å². The van der Waals surface area contributed by atoms with E-state index in [0.29, 0.717) is 11.6 Å². The molecule has 1 aromatic heterocycles. The molecule has 0 aliphatic heterocycles. The standard InChI is InChI=1S/C27H18Cl2F4N2O4/c1-39-21-12-14(30)11-17(27(31,32)33)22(21)15-8-7-13(24-16(15)4-3-9-34-24)10-20(26(37)38)35-25(36)23-18(28)5-2-6-19(23)29/h2-9,11-12,20H,10H2,1H3,(H,35,36)(H,37,38)/t20-/m0/s1. The van der Waals surface area contributed by atoms with Crippen molar-refractivity contribution in [1.82, 2.24) is 10.3 Å². The highest BCUT2D eigenvalue weighted by atomic mass is 35.5. The third kappa shape index (κ3) is 5.76. The number of aromatic nitrogens is 1. The summed E-state index contributed by atoms with van der Waals surface area (Å²) in [5.74, 6) is -3.66. The third-order valence-electron chi connectivity index (χ3n) is 5.93. The summed E-state index contributed by atoms with van der Waals surface area (Å²) in [7, 11) is 1.12. The van der Waals surface area contributed by atoms with Gasteiger partial charge in [-0.25, -0.2) is 9.18 Å². The van der Waals surface area contributed by atoms with Crippen LogP contribution in [0.15, 0.2) is 60.8 Å². The average molecular weight is 581 g/mol. The predicted octanol–water partition coefficient (Wildman–Crippen LogP) is 6.80. The number of pyridine rings is 1. The Bertz CT molecular complexity index is 1570. The molecule has 1 heterocycles. The van der Waals surface area contributed by atoms with Crippen LogP contribution in [0.5, 0.6) is 5.75 Å². The molecule has 1 amide bonds. The summed E-state index contributed by atoms with van der Waals surface area (Å²) in [6.07, 6.45) is -3.79. The van der Waals surface area contributed by atoms with Gasteiger partial charge in [-0.2, -0.15) is 13.2 Å². The van der Waals surface area contributed by atoms with Crippen molar-refractivity contribution in [3.05, 3.63) is 93.3 Å². The Hall–Kier alpha value is -3.89. The number of nitrogens with zero attached hydrogens (tertiary/aromatic N) is 1. The van der Waals surface area contributed by atoms with Crippen LogP contribution in [0.1, 0.15) is 21.5 Å². The van der Waals surface area contributed by atoms with Crippen molar-refractivity contribution in [3.63, 3.8) is 0 Å². The first kappa shape index (κ1) is 28.1. The van der Waals surface area contributed by atoms with Crippen LogP contribution in [0.2, 0.25) is 10.0 Å². The van der Waals surface area contributed by atoms with Gasteiger partial charge >= 0.3 is 12.1 Å². The second-order valence-corrected chi connectivity index (χ2v) is 9.18. The molecule has 0 fully saturated rings. The molecule has 6 nitrogen and oxygen atoms in total. The fourth-order valence-electron chi connectivity index (χ4n) is 4.22. The van der Waals surface area contributed by atoms with Crippen LogP contribution in [0.25, 0.3) is 22.0 Å². The van der Waals surface area contributed by atoms with Crippen LogP contribution < -0.4 is 10.1 Å². The number of carboxylic acids is 1. The summed E-state index contributed by atoms with van der Waals surface area (Å²) in [5.41, 5.74) is -1.19. The smallest absolute Gasteiger partial charge is 0.417 e. The Labute approximate surface area is 229 Å². The number of methoxy groups -OCH3 is 1. The van der Waals surface area contributed by atoms with E-state index in [-0.39, 0.29) is 44.2 Å². The number of hydrogen-bond acceptors (Lipinski definition) is 4. The van der Waals surface area contributed by atoms with Crippen molar-refractivity contribution >= 4 is 46.0 Å². The van der Waals surface area contributed by atoms with Gasteiger partial charge in [0.2, 0.25) is 0 Å². The zero-order valence-corrected chi connectivity index (χ0v) is 21.5. The lowest BCUT2D eigenvalue weighted by molar-refractivity contribution is -0.139. The first-order valence-electron chi connectivity index (χ1n) is 11.2. The zero-order chi connectivity index (χ0) is 28.5. The zero-order valence-electron chi connectivity index (χ0n) is 19.9. The number of carboxylic acid groups (broad SMARTS) is 1. The first-order chi connectivity index (χ1) is 18.4. The molecule has 0 saturated heterocycles. The summed E-state index contributed by atoms with van der Waals surface area (Å²) in [6, 6.07) is 9.87. The Balaban J connectivity index is 1.80. The number of carbonyl (C=O) groups is 2. The van der Waals surface area contributed by atoms with E-state index < -0.39 is 41.0 Å². The van der Waals surface area contributed by atoms with Crippen LogP contribution in [-0.2, 0) is 17.4 Å². The molecule has 0 aliphatic rings. The number of aliphatic carboxylic acids is 1. The maximum atomic E-state index is 14.0. The maximum absolute atomic E-state index is 14.0. The number of rotatable bonds is 7. The molecule has 3 aromatic carbocycles. The van der Waals surface area contributed by atoms with Crippen molar-refractivity contribution in [2.24, 2.45) is 0 Å². The average Bonchev–Trinajstić information content (AvgIpc) is 2.87. The van der Waals surface area contributed by atoms with E-state index in [2.05, 4.69) is 10.3 Å². The molecular weight excluding hydrogens is 563 g/mol. The van der Waals surface area contributed by atoms with Gasteiger partial charge in [-0.3, -0.25) is 9.78 Å². The van der Waals surface area contributed by atoms with Gasteiger partial charge in [-0.05, 0) is 35.4 Å². The summed E-state index contributed by atoms with van der Waals surface area (Å²) >= 11 is 12.1. The van der Waals surface area contributed by atoms with Crippen molar-refractivity contribution < 1.29 is 37.0 Å². The number of nitrogens with one attached hydrogen (secondary N) is 1. The van der Waals surface area contributed by atoms with E-state index in [1.807, 2.05) is 0 Å². The second kappa shape index (κ2) is 11.1. The van der Waals surface area contributed by atoms with Crippen molar-refractivity contribution in [2.75, 3.05) is 7.11 Å². The fraction of sp³-hybridized carbons (Fsp3) is 0.148. The van der Waals surface area contributed by atoms with Crippen LogP contribution >= 0.6 is 23.2 Å². The minimum atomic E-state index is -4.91. The number of carbonyl (C=O) groups excluding carboxylic acids is 1. The minimum Gasteiger partial charge on any atom is -0.496 e. The lowest BCUT2D eigenvalue weighted by atomic mass is 9.91. The Morgan fingerprint density at radius 3 is 2.38 bits per heavy atom. The lowest BCUT2D eigenvalue weighted by Gasteiger charge is -2.20. The van der Waals surface area contributed by atoms with Crippen LogP contribution in [-0.4, -0.2) is 35.1 Å². The quantitative estimate of drug-likeness (QED) is 0.235. The van der Waals surface area contributed by atoms with E-state index in [1.54, 1.807) is 0 Å². The number of fused-ring (bicyclic) bond motifs is 1. The molecule has 2 N–H and O–H groups in total. The molecule has 39 heavy (non-hydrogen) atoms. The van der Waals surface area contributed by atoms with Gasteiger partial charge < -0.3 is 15.2 Å². The van der Waals surface area contributed by atoms with E-state index in [0.717, 1.165) is 13.2 Å². The van der Waals surface area contributed by atoms with Crippen LogP contribution in [0.4, 0.5) is 17.6 Å². The van der Waals surface area contributed by atoms with Gasteiger partial charge in [-0.15, -0.1) is 0 Å².